The van der Waals surface area contributed by atoms with Crippen LogP contribution in [-0.2, 0) is 0 Å². The van der Waals surface area contributed by atoms with Crippen LogP contribution in [0.5, 0.6) is 0 Å². The fraction of sp³-hybridized carbons (Fsp3) is 0.417. The number of Topliss-reactive ketones (excluding diaryl/α,β-unsaturated/α-hetero) is 1. The first-order valence-corrected chi connectivity index (χ1v) is 5.86. The summed E-state index contributed by atoms with van der Waals surface area (Å²) >= 11 is 1.69. The van der Waals surface area contributed by atoms with E-state index in [0.717, 1.165) is 5.56 Å². The second-order valence-electron chi connectivity index (χ2n) is 4.31. The normalized spacial score (nSPS) is 11.4. The van der Waals surface area contributed by atoms with Crippen LogP contribution in [0.3, 0.4) is 0 Å². The first kappa shape index (κ1) is 11.3. The highest BCUT2D eigenvalue weighted by Crippen LogP contribution is 2.22. The Kier molecular flexibility index (Phi) is 3.38. The van der Waals surface area contributed by atoms with Gasteiger partial charge in [-0.25, -0.2) is 0 Å². The van der Waals surface area contributed by atoms with Gasteiger partial charge < -0.3 is 0 Å². The molecule has 1 aromatic rings. The minimum atomic E-state index is -0.291. The van der Waals surface area contributed by atoms with Gasteiger partial charge >= 0.3 is 0 Å². The lowest BCUT2D eigenvalue weighted by Crippen LogP contribution is -2.19. The number of hydrogen-bond donors (Lipinski definition) is 0. The molecule has 0 aliphatic carbocycles. The number of carbonyl (C=O) groups is 1. The van der Waals surface area contributed by atoms with Crippen molar-refractivity contribution in [2.75, 3.05) is 6.26 Å². The Morgan fingerprint density at radius 3 is 2.00 bits per heavy atom. The van der Waals surface area contributed by atoms with Crippen LogP contribution >= 0.6 is 11.8 Å². The Morgan fingerprint density at radius 2 is 1.64 bits per heavy atom. The average molecular weight is 208 g/mol. The summed E-state index contributed by atoms with van der Waals surface area (Å²) in [5.41, 5.74) is 0.510. The van der Waals surface area contributed by atoms with Crippen LogP contribution in [0.15, 0.2) is 29.2 Å². The van der Waals surface area contributed by atoms with Gasteiger partial charge in [-0.3, -0.25) is 4.79 Å². The molecule has 0 atom stereocenters. The maximum Gasteiger partial charge on any atom is 0.168 e. The highest BCUT2D eigenvalue weighted by Gasteiger charge is 2.22. The van der Waals surface area contributed by atoms with E-state index in [9.17, 15) is 4.79 Å². The number of thioether (sulfide) groups is 1. The molecule has 0 aromatic heterocycles. The molecule has 2 heteroatoms. The van der Waals surface area contributed by atoms with Gasteiger partial charge in [-0.05, 0) is 18.4 Å². The van der Waals surface area contributed by atoms with Crippen LogP contribution in [0.1, 0.15) is 31.1 Å². The largest absolute Gasteiger partial charge is 0.294 e. The summed E-state index contributed by atoms with van der Waals surface area (Å²) in [6.07, 6.45) is 2.03. The van der Waals surface area contributed by atoms with Gasteiger partial charge in [0.25, 0.3) is 0 Å². The van der Waals surface area contributed by atoms with Gasteiger partial charge in [0, 0.05) is 15.9 Å². The summed E-state index contributed by atoms with van der Waals surface area (Å²) in [5.74, 6) is 0.199. The fourth-order valence-corrected chi connectivity index (χ4v) is 1.58. The minimum Gasteiger partial charge on any atom is -0.294 e. The molecule has 0 saturated heterocycles. The minimum absolute atomic E-state index is 0.199. The highest BCUT2D eigenvalue weighted by atomic mass is 32.2. The smallest absolute Gasteiger partial charge is 0.168 e. The number of hydrogen-bond acceptors (Lipinski definition) is 2. The van der Waals surface area contributed by atoms with Crippen molar-refractivity contribution in [2.45, 2.75) is 25.7 Å². The molecule has 0 heterocycles. The Morgan fingerprint density at radius 1 is 1.14 bits per heavy atom. The lowest BCUT2D eigenvalue weighted by Gasteiger charge is -2.16. The molecule has 0 radical (unpaired) electrons. The highest BCUT2D eigenvalue weighted by molar-refractivity contribution is 7.98. The zero-order valence-corrected chi connectivity index (χ0v) is 9.94. The van der Waals surface area contributed by atoms with Crippen molar-refractivity contribution in [3.05, 3.63) is 29.8 Å². The third kappa shape index (κ3) is 2.61. The van der Waals surface area contributed by atoms with E-state index in [1.54, 1.807) is 11.8 Å². The maximum atomic E-state index is 11.9. The molecule has 1 nitrogen and oxygen atoms in total. The molecule has 0 N–H and O–H groups in total. The molecule has 0 fully saturated rings. The van der Waals surface area contributed by atoms with Crippen molar-refractivity contribution in [1.82, 2.24) is 0 Å². The predicted octanol–water partition coefficient (Wildman–Crippen LogP) is 3.64. The van der Waals surface area contributed by atoms with Crippen LogP contribution in [0.25, 0.3) is 0 Å². The van der Waals surface area contributed by atoms with Crippen molar-refractivity contribution >= 4 is 17.5 Å². The lowest BCUT2D eigenvalue weighted by atomic mass is 9.87. The molecule has 0 unspecified atom stereocenters. The van der Waals surface area contributed by atoms with E-state index in [4.69, 9.17) is 0 Å². The van der Waals surface area contributed by atoms with Crippen LogP contribution in [-0.4, -0.2) is 12.0 Å². The van der Waals surface area contributed by atoms with Gasteiger partial charge in [0.1, 0.15) is 0 Å². The number of carbonyl (C=O) groups excluding carboxylic acids is 1. The molecule has 1 aromatic carbocycles. The molecule has 0 aliphatic rings. The topological polar surface area (TPSA) is 17.1 Å². The Labute approximate surface area is 89.9 Å². The zero-order valence-electron chi connectivity index (χ0n) is 9.13. The summed E-state index contributed by atoms with van der Waals surface area (Å²) in [5, 5.41) is 0. The van der Waals surface area contributed by atoms with Crippen LogP contribution < -0.4 is 0 Å². The van der Waals surface area contributed by atoms with E-state index in [1.807, 2.05) is 51.3 Å². The first-order valence-electron chi connectivity index (χ1n) is 4.64. The second kappa shape index (κ2) is 4.18. The van der Waals surface area contributed by atoms with E-state index in [1.165, 1.54) is 4.90 Å². The van der Waals surface area contributed by atoms with Gasteiger partial charge in [0.2, 0.25) is 0 Å². The van der Waals surface area contributed by atoms with Crippen molar-refractivity contribution < 1.29 is 4.79 Å². The van der Waals surface area contributed by atoms with E-state index in [2.05, 4.69) is 0 Å². The maximum absolute atomic E-state index is 11.9. The van der Waals surface area contributed by atoms with Gasteiger partial charge in [-0.15, -0.1) is 11.8 Å². The molecule has 14 heavy (non-hydrogen) atoms. The van der Waals surface area contributed by atoms with Gasteiger partial charge in [0.05, 0.1) is 0 Å². The second-order valence-corrected chi connectivity index (χ2v) is 5.19. The van der Waals surface area contributed by atoms with E-state index in [0.29, 0.717) is 0 Å². The molecular formula is C12H16OS. The summed E-state index contributed by atoms with van der Waals surface area (Å²) in [6, 6.07) is 7.78. The fourth-order valence-electron chi connectivity index (χ4n) is 1.18. The Balaban J connectivity index is 2.93. The SMILES string of the molecule is CSc1ccc(C(=O)C(C)(C)C)cc1. The zero-order chi connectivity index (χ0) is 10.8. The van der Waals surface area contributed by atoms with Crippen molar-refractivity contribution in [2.24, 2.45) is 5.41 Å². The number of benzene rings is 1. The summed E-state index contributed by atoms with van der Waals surface area (Å²) < 4.78 is 0. The molecular weight excluding hydrogens is 192 g/mol. The van der Waals surface area contributed by atoms with E-state index >= 15 is 0 Å². The average Bonchev–Trinajstić information content (AvgIpc) is 2.15. The Bertz CT molecular complexity index is 319. The third-order valence-corrected chi connectivity index (χ3v) is 2.78. The molecule has 76 valence electrons. The molecule has 0 saturated carbocycles. The standard InChI is InChI=1S/C12H16OS/c1-12(2,3)11(13)9-5-7-10(14-4)8-6-9/h5-8H,1-4H3. The van der Waals surface area contributed by atoms with Crippen molar-refractivity contribution in [3.63, 3.8) is 0 Å². The predicted molar refractivity (Wildman–Crippen MR) is 62.0 cm³/mol. The number of rotatable bonds is 2. The molecule has 0 aliphatic heterocycles. The molecule has 0 amide bonds. The van der Waals surface area contributed by atoms with Crippen LogP contribution in [0, 0.1) is 5.41 Å². The van der Waals surface area contributed by atoms with Crippen LogP contribution in [0.2, 0.25) is 0 Å². The Hall–Kier alpha value is -0.760. The van der Waals surface area contributed by atoms with Crippen molar-refractivity contribution in [3.8, 4) is 0 Å². The molecule has 1 rings (SSSR count). The van der Waals surface area contributed by atoms with Gasteiger partial charge in [-0.1, -0.05) is 32.9 Å². The van der Waals surface area contributed by atoms with Gasteiger partial charge in [0.15, 0.2) is 5.78 Å². The summed E-state index contributed by atoms with van der Waals surface area (Å²) in [7, 11) is 0. The van der Waals surface area contributed by atoms with Crippen LogP contribution in [0.4, 0.5) is 0 Å². The van der Waals surface area contributed by atoms with Crippen molar-refractivity contribution in [1.29, 1.82) is 0 Å². The first-order chi connectivity index (χ1) is 6.45. The summed E-state index contributed by atoms with van der Waals surface area (Å²) in [4.78, 5) is 13.0. The monoisotopic (exact) mass is 208 g/mol. The van der Waals surface area contributed by atoms with E-state index in [-0.39, 0.29) is 11.2 Å². The lowest BCUT2D eigenvalue weighted by molar-refractivity contribution is 0.0858. The third-order valence-electron chi connectivity index (χ3n) is 2.03. The quantitative estimate of drug-likeness (QED) is 0.545. The number of ketones is 1. The summed E-state index contributed by atoms with van der Waals surface area (Å²) in [6.45, 7) is 5.83. The molecule has 0 bridgehead atoms. The van der Waals surface area contributed by atoms with E-state index < -0.39 is 0 Å². The van der Waals surface area contributed by atoms with Gasteiger partial charge in [-0.2, -0.15) is 0 Å². The molecule has 0 spiro atoms.